The summed E-state index contributed by atoms with van der Waals surface area (Å²) in [7, 11) is 1.58. The Labute approximate surface area is 161 Å². The molecule has 0 N–H and O–H groups in total. The zero-order chi connectivity index (χ0) is 19.4. The van der Waals surface area contributed by atoms with Crippen molar-refractivity contribution < 1.29 is 19.1 Å². The number of carbonyl (C=O) groups excluding carboxylic acids is 2. The number of rotatable bonds is 5. The minimum absolute atomic E-state index is 0.306. The Bertz CT molecular complexity index is 918. The van der Waals surface area contributed by atoms with Gasteiger partial charge in [-0.05, 0) is 55.0 Å². The fraction of sp³-hybridized carbons (Fsp3) is 0.150. The zero-order valence-electron chi connectivity index (χ0n) is 14.8. The summed E-state index contributed by atoms with van der Waals surface area (Å²) in [5, 5.41) is 5.46. The number of carbonyl (C=O) groups is 2. The molecule has 0 unspecified atom stereocenters. The summed E-state index contributed by atoms with van der Waals surface area (Å²) < 4.78 is 10.5. The van der Waals surface area contributed by atoms with E-state index in [0.29, 0.717) is 22.1 Å². The Kier molecular flexibility index (Phi) is 5.57. The fourth-order valence-corrected chi connectivity index (χ4v) is 2.58. The molecule has 27 heavy (non-hydrogen) atoms. The number of hydrogen-bond acceptors (Lipinski definition) is 5. The molecule has 1 heterocycles. The van der Waals surface area contributed by atoms with E-state index < -0.39 is 11.8 Å². The quantitative estimate of drug-likeness (QED) is 0.739. The smallest absolute Gasteiger partial charge is 0.288 e. The molecule has 2 aromatic carbocycles. The van der Waals surface area contributed by atoms with Gasteiger partial charge >= 0.3 is 0 Å². The molecule has 1 aliphatic rings. The molecule has 138 valence electrons. The van der Waals surface area contributed by atoms with Crippen LogP contribution < -0.4 is 9.47 Å². The SMILES string of the molecule is COc1ccc(/C=C2\C(=O)N(C(=O)COc3ccc(Cl)cc3)N=C2C)cc1. The van der Waals surface area contributed by atoms with Crippen LogP contribution in [0.1, 0.15) is 12.5 Å². The highest BCUT2D eigenvalue weighted by molar-refractivity contribution is 6.30. The van der Waals surface area contributed by atoms with Crippen LogP contribution in [-0.4, -0.2) is 36.3 Å². The minimum Gasteiger partial charge on any atom is -0.497 e. The number of methoxy groups -OCH3 is 1. The molecular formula is C20H17ClN2O4. The van der Waals surface area contributed by atoms with Gasteiger partial charge in [-0.3, -0.25) is 9.59 Å². The summed E-state index contributed by atoms with van der Waals surface area (Å²) in [5.41, 5.74) is 1.64. The highest BCUT2D eigenvalue weighted by Gasteiger charge is 2.32. The van der Waals surface area contributed by atoms with Crippen molar-refractivity contribution in [2.75, 3.05) is 13.7 Å². The van der Waals surface area contributed by atoms with Crippen LogP contribution in [0.5, 0.6) is 11.5 Å². The number of amides is 2. The molecule has 7 heteroatoms. The molecule has 0 saturated heterocycles. The third-order valence-electron chi connectivity index (χ3n) is 3.90. The number of ether oxygens (including phenoxy) is 2. The molecular weight excluding hydrogens is 368 g/mol. The lowest BCUT2D eigenvalue weighted by atomic mass is 10.1. The van der Waals surface area contributed by atoms with Crippen molar-refractivity contribution in [2.24, 2.45) is 5.10 Å². The maximum Gasteiger partial charge on any atom is 0.288 e. The van der Waals surface area contributed by atoms with Gasteiger partial charge in [0.25, 0.3) is 11.8 Å². The second-order valence-corrected chi connectivity index (χ2v) is 6.21. The molecule has 0 radical (unpaired) electrons. The van der Waals surface area contributed by atoms with Gasteiger partial charge in [0.05, 0.1) is 18.4 Å². The van der Waals surface area contributed by atoms with Crippen molar-refractivity contribution in [3.8, 4) is 11.5 Å². The first kappa shape index (κ1) is 18.7. The molecule has 2 amide bonds. The first-order valence-corrected chi connectivity index (χ1v) is 8.52. The molecule has 0 aliphatic carbocycles. The lowest BCUT2D eigenvalue weighted by Gasteiger charge is -2.11. The Morgan fingerprint density at radius 1 is 1.11 bits per heavy atom. The van der Waals surface area contributed by atoms with Gasteiger partial charge < -0.3 is 9.47 Å². The van der Waals surface area contributed by atoms with E-state index in [-0.39, 0.29) is 6.61 Å². The topological polar surface area (TPSA) is 68.2 Å². The number of halogens is 1. The molecule has 2 aromatic rings. The molecule has 0 bridgehead atoms. The lowest BCUT2D eigenvalue weighted by Crippen LogP contribution is -2.33. The standard InChI is InChI=1S/C20H17ClN2O4/c1-13-18(11-14-3-7-16(26-2)8-4-14)20(25)23(22-13)19(24)12-27-17-9-5-15(21)6-10-17/h3-11H,12H2,1-2H3/b18-11-. The van der Waals surface area contributed by atoms with Crippen molar-refractivity contribution in [3.63, 3.8) is 0 Å². The van der Waals surface area contributed by atoms with Gasteiger partial charge in [0.1, 0.15) is 11.5 Å². The minimum atomic E-state index is -0.549. The van der Waals surface area contributed by atoms with E-state index in [4.69, 9.17) is 21.1 Å². The van der Waals surface area contributed by atoms with Crippen LogP contribution in [0.4, 0.5) is 0 Å². The third-order valence-corrected chi connectivity index (χ3v) is 4.15. The summed E-state index contributed by atoms with van der Waals surface area (Å²) in [6, 6.07) is 13.8. The molecule has 0 aromatic heterocycles. The summed E-state index contributed by atoms with van der Waals surface area (Å²) in [6.45, 7) is 1.38. The number of imide groups is 1. The Morgan fingerprint density at radius 3 is 2.37 bits per heavy atom. The van der Waals surface area contributed by atoms with Crippen LogP contribution in [0.3, 0.4) is 0 Å². The number of nitrogens with zero attached hydrogens (tertiary/aromatic N) is 2. The highest BCUT2D eigenvalue weighted by Crippen LogP contribution is 2.21. The predicted molar refractivity (Wildman–Crippen MR) is 103 cm³/mol. The average molecular weight is 385 g/mol. The largest absolute Gasteiger partial charge is 0.497 e. The maximum atomic E-state index is 12.6. The molecule has 6 nitrogen and oxygen atoms in total. The Hall–Kier alpha value is -3.12. The first-order chi connectivity index (χ1) is 13.0. The van der Waals surface area contributed by atoms with Crippen molar-refractivity contribution in [3.05, 3.63) is 64.7 Å². The van der Waals surface area contributed by atoms with Gasteiger partial charge in [-0.2, -0.15) is 10.1 Å². The van der Waals surface area contributed by atoms with Crippen LogP contribution in [-0.2, 0) is 9.59 Å². The van der Waals surface area contributed by atoms with Crippen molar-refractivity contribution in [2.45, 2.75) is 6.92 Å². The predicted octanol–water partition coefficient (Wildman–Crippen LogP) is 3.56. The summed E-state index contributed by atoms with van der Waals surface area (Å²) in [4.78, 5) is 24.9. The van der Waals surface area contributed by atoms with E-state index >= 15 is 0 Å². The average Bonchev–Trinajstić information content (AvgIpc) is 2.96. The zero-order valence-corrected chi connectivity index (χ0v) is 15.6. The van der Waals surface area contributed by atoms with Gasteiger partial charge in [0.15, 0.2) is 6.61 Å². The summed E-state index contributed by atoms with van der Waals surface area (Å²) in [6.07, 6.45) is 1.69. The summed E-state index contributed by atoms with van der Waals surface area (Å²) in [5.74, 6) is 0.172. The Morgan fingerprint density at radius 2 is 1.74 bits per heavy atom. The van der Waals surface area contributed by atoms with Gasteiger partial charge in [-0.25, -0.2) is 0 Å². The monoisotopic (exact) mass is 384 g/mol. The number of hydrogen-bond donors (Lipinski definition) is 0. The van der Waals surface area contributed by atoms with Crippen LogP contribution in [0.25, 0.3) is 6.08 Å². The second-order valence-electron chi connectivity index (χ2n) is 5.77. The molecule has 0 atom stereocenters. The number of hydrazone groups is 1. The van der Waals surface area contributed by atoms with Crippen molar-refractivity contribution in [1.29, 1.82) is 0 Å². The van der Waals surface area contributed by atoms with E-state index in [2.05, 4.69) is 5.10 Å². The molecule has 0 spiro atoms. The van der Waals surface area contributed by atoms with E-state index in [1.807, 2.05) is 12.1 Å². The lowest BCUT2D eigenvalue weighted by molar-refractivity contribution is -0.142. The molecule has 1 aliphatic heterocycles. The molecule has 0 fully saturated rings. The van der Waals surface area contributed by atoms with Gasteiger partial charge in [-0.1, -0.05) is 23.7 Å². The number of benzene rings is 2. The van der Waals surface area contributed by atoms with Crippen molar-refractivity contribution >= 4 is 35.2 Å². The summed E-state index contributed by atoms with van der Waals surface area (Å²) >= 11 is 5.81. The molecule has 3 rings (SSSR count). The van der Waals surface area contributed by atoms with Crippen molar-refractivity contribution in [1.82, 2.24) is 5.01 Å². The van der Waals surface area contributed by atoms with Crippen LogP contribution in [0, 0.1) is 0 Å². The van der Waals surface area contributed by atoms with E-state index in [9.17, 15) is 9.59 Å². The van der Waals surface area contributed by atoms with Gasteiger partial charge in [-0.15, -0.1) is 0 Å². The first-order valence-electron chi connectivity index (χ1n) is 8.15. The molecule has 0 saturated carbocycles. The van der Waals surface area contributed by atoms with Gasteiger partial charge in [0.2, 0.25) is 0 Å². The fourth-order valence-electron chi connectivity index (χ4n) is 2.46. The normalized spacial score (nSPS) is 15.1. The maximum absolute atomic E-state index is 12.6. The third kappa shape index (κ3) is 4.35. The van der Waals surface area contributed by atoms with Crippen LogP contribution >= 0.6 is 11.6 Å². The highest BCUT2D eigenvalue weighted by atomic mass is 35.5. The van der Waals surface area contributed by atoms with E-state index in [0.717, 1.165) is 16.3 Å². The van der Waals surface area contributed by atoms with Crippen LogP contribution in [0.15, 0.2) is 59.2 Å². The second kappa shape index (κ2) is 8.05. The van der Waals surface area contributed by atoms with E-state index in [1.165, 1.54) is 0 Å². The van der Waals surface area contributed by atoms with E-state index in [1.54, 1.807) is 56.5 Å². The van der Waals surface area contributed by atoms with Crippen LogP contribution in [0.2, 0.25) is 5.02 Å². The van der Waals surface area contributed by atoms with Gasteiger partial charge in [0, 0.05) is 5.02 Å². The Balaban J connectivity index is 1.68.